The maximum Gasteiger partial charge on any atom is 0.123 e. The van der Waals surface area contributed by atoms with Gasteiger partial charge in [0.1, 0.15) is 5.82 Å². The molecule has 0 bridgehead atoms. The quantitative estimate of drug-likeness (QED) is 0.766. The lowest BCUT2D eigenvalue weighted by Crippen LogP contribution is -2.21. The number of benzene rings is 1. The van der Waals surface area contributed by atoms with Gasteiger partial charge in [-0.2, -0.15) is 0 Å². The van der Waals surface area contributed by atoms with E-state index in [0.29, 0.717) is 0 Å². The predicted molar refractivity (Wildman–Crippen MR) is 73.3 cm³/mol. The Balaban J connectivity index is 1.94. The van der Waals surface area contributed by atoms with Crippen molar-refractivity contribution in [3.63, 3.8) is 0 Å². The van der Waals surface area contributed by atoms with Crippen LogP contribution in [0.2, 0.25) is 0 Å². The lowest BCUT2D eigenvalue weighted by atomic mass is 10.2. The SMILES string of the molecule is CCC(O)CCNCc1nc2ccccc2n1C. The summed E-state index contributed by atoms with van der Waals surface area (Å²) in [5.74, 6) is 1.03. The minimum absolute atomic E-state index is 0.196. The molecule has 0 aliphatic heterocycles. The van der Waals surface area contributed by atoms with Crippen LogP contribution in [-0.4, -0.2) is 27.3 Å². The zero-order valence-corrected chi connectivity index (χ0v) is 11.1. The van der Waals surface area contributed by atoms with Gasteiger partial charge in [0.2, 0.25) is 0 Å². The standard InChI is InChI=1S/C14H21N3O/c1-3-11(18)8-9-15-10-14-16-12-6-4-5-7-13(12)17(14)2/h4-7,11,15,18H,3,8-10H2,1-2H3. The van der Waals surface area contributed by atoms with Crippen molar-refractivity contribution in [2.45, 2.75) is 32.4 Å². The molecule has 0 amide bonds. The molecule has 1 atom stereocenters. The van der Waals surface area contributed by atoms with E-state index in [1.54, 1.807) is 0 Å². The number of hydrogen-bond donors (Lipinski definition) is 2. The first-order chi connectivity index (χ1) is 8.72. The van der Waals surface area contributed by atoms with Crippen LogP contribution in [0.25, 0.3) is 11.0 Å². The largest absolute Gasteiger partial charge is 0.393 e. The molecule has 98 valence electrons. The summed E-state index contributed by atoms with van der Waals surface area (Å²) in [6.45, 7) is 3.55. The van der Waals surface area contributed by atoms with Crippen molar-refractivity contribution < 1.29 is 5.11 Å². The van der Waals surface area contributed by atoms with Gasteiger partial charge in [-0.15, -0.1) is 0 Å². The van der Waals surface area contributed by atoms with Crippen molar-refractivity contribution in [2.24, 2.45) is 7.05 Å². The van der Waals surface area contributed by atoms with Crippen molar-refractivity contribution >= 4 is 11.0 Å². The molecule has 1 aromatic carbocycles. The van der Waals surface area contributed by atoms with E-state index in [1.807, 2.05) is 32.2 Å². The summed E-state index contributed by atoms with van der Waals surface area (Å²) in [7, 11) is 2.03. The zero-order valence-electron chi connectivity index (χ0n) is 11.1. The first kappa shape index (κ1) is 13.1. The van der Waals surface area contributed by atoms with E-state index in [2.05, 4.69) is 20.9 Å². The maximum atomic E-state index is 9.46. The summed E-state index contributed by atoms with van der Waals surface area (Å²) in [5.41, 5.74) is 2.19. The molecule has 0 aliphatic rings. The van der Waals surface area contributed by atoms with Gasteiger partial charge in [0.05, 0.1) is 23.7 Å². The van der Waals surface area contributed by atoms with Gasteiger partial charge < -0.3 is 15.0 Å². The number of nitrogens with one attached hydrogen (secondary N) is 1. The smallest absolute Gasteiger partial charge is 0.123 e. The highest BCUT2D eigenvalue weighted by Crippen LogP contribution is 2.13. The highest BCUT2D eigenvalue weighted by Gasteiger charge is 2.06. The van der Waals surface area contributed by atoms with E-state index < -0.39 is 0 Å². The Morgan fingerprint density at radius 2 is 2.17 bits per heavy atom. The van der Waals surface area contributed by atoms with Gasteiger partial charge in [-0.1, -0.05) is 19.1 Å². The fraction of sp³-hybridized carbons (Fsp3) is 0.500. The van der Waals surface area contributed by atoms with Crippen LogP contribution in [0.5, 0.6) is 0 Å². The van der Waals surface area contributed by atoms with Gasteiger partial charge in [0.15, 0.2) is 0 Å². The van der Waals surface area contributed by atoms with Crippen molar-refractivity contribution in [1.82, 2.24) is 14.9 Å². The van der Waals surface area contributed by atoms with Crippen LogP contribution in [0.15, 0.2) is 24.3 Å². The van der Waals surface area contributed by atoms with Gasteiger partial charge >= 0.3 is 0 Å². The van der Waals surface area contributed by atoms with Gasteiger partial charge in [-0.05, 0) is 31.5 Å². The van der Waals surface area contributed by atoms with E-state index >= 15 is 0 Å². The third kappa shape index (κ3) is 2.89. The molecule has 2 aromatic rings. The molecule has 0 spiro atoms. The molecule has 4 heteroatoms. The zero-order chi connectivity index (χ0) is 13.0. The number of aliphatic hydroxyl groups excluding tert-OH is 1. The summed E-state index contributed by atoms with van der Waals surface area (Å²) >= 11 is 0. The van der Waals surface area contributed by atoms with E-state index in [1.165, 1.54) is 0 Å². The summed E-state index contributed by atoms with van der Waals surface area (Å²) in [6, 6.07) is 8.13. The van der Waals surface area contributed by atoms with Crippen molar-refractivity contribution in [1.29, 1.82) is 0 Å². The Morgan fingerprint density at radius 3 is 2.89 bits per heavy atom. The number of fused-ring (bicyclic) bond motifs is 1. The van der Waals surface area contributed by atoms with E-state index in [0.717, 1.165) is 42.8 Å². The Morgan fingerprint density at radius 1 is 1.39 bits per heavy atom. The number of aromatic nitrogens is 2. The van der Waals surface area contributed by atoms with Crippen LogP contribution in [0.1, 0.15) is 25.6 Å². The minimum Gasteiger partial charge on any atom is -0.393 e. The molecule has 0 saturated heterocycles. The molecule has 1 unspecified atom stereocenters. The first-order valence-corrected chi connectivity index (χ1v) is 6.51. The second-order valence-electron chi connectivity index (χ2n) is 4.60. The molecule has 2 N–H and O–H groups in total. The highest BCUT2D eigenvalue weighted by molar-refractivity contribution is 5.75. The van der Waals surface area contributed by atoms with Crippen LogP contribution in [0.3, 0.4) is 0 Å². The molecule has 18 heavy (non-hydrogen) atoms. The van der Waals surface area contributed by atoms with Crippen LogP contribution in [0.4, 0.5) is 0 Å². The van der Waals surface area contributed by atoms with Gasteiger partial charge in [0, 0.05) is 7.05 Å². The normalized spacial score (nSPS) is 13.1. The molecule has 0 saturated carbocycles. The summed E-state index contributed by atoms with van der Waals surface area (Å²) < 4.78 is 2.11. The lowest BCUT2D eigenvalue weighted by Gasteiger charge is -2.08. The number of para-hydroxylation sites is 2. The first-order valence-electron chi connectivity index (χ1n) is 6.51. The number of aryl methyl sites for hydroxylation is 1. The van der Waals surface area contributed by atoms with Gasteiger partial charge in [-0.3, -0.25) is 0 Å². The topological polar surface area (TPSA) is 50.1 Å². The van der Waals surface area contributed by atoms with E-state index in [-0.39, 0.29) is 6.10 Å². The number of hydrogen-bond acceptors (Lipinski definition) is 3. The number of rotatable bonds is 6. The molecular weight excluding hydrogens is 226 g/mol. The maximum absolute atomic E-state index is 9.46. The van der Waals surface area contributed by atoms with Gasteiger partial charge in [-0.25, -0.2) is 4.98 Å². The summed E-state index contributed by atoms with van der Waals surface area (Å²) in [4.78, 5) is 4.59. The molecular formula is C14H21N3O. The monoisotopic (exact) mass is 247 g/mol. The Kier molecular flexibility index (Phi) is 4.33. The van der Waals surface area contributed by atoms with Crippen LogP contribution in [0, 0.1) is 0 Å². The fourth-order valence-electron chi connectivity index (χ4n) is 2.03. The molecule has 2 rings (SSSR count). The van der Waals surface area contributed by atoms with Crippen LogP contribution < -0.4 is 5.32 Å². The minimum atomic E-state index is -0.196. The molecule has 0 fully saturated rings. The fourth-order valence-corrected chi connectivity index (χ4v) is 2.03. The van der Waals surface area contributed by atoms with Gasteiger partial charge in [0.25, 0.3) is 0 Å². The average molecular weight is 247 g/mol. The Bertz CT molecular complexity index is 507. The third-order valence-corrected chi connectivity index (χ3v) is 3.29. The summed E-state index contributed by atoms with van der Waals surface area (Å²) in [6.07, 6.45) is 1.41. The van der Waals surface area contributed by atoms with E-state index in [4.69, 9.17) is 0 Å². The third-order valence-electron chi connectivity index (χ3n) is 3.29. The average Bonchev–Trinajstić information content (AvgIpc) is 2.72. The van der Waals surface area contributed by atoms with Crippen molar-refractivity contribution in [3.05, 3.63) is 30.1 Å². The van der Waals surface area contributed by atoms with Crippen molar-refractivity contribution in [3.8, 4) is 0 Å². The number of nitrogens with zero attached hydrogens (tertiary/aromatic N) is 2. The molecule has 4 nitrogen and oxygen atoms in total. The number of aliphatic hydroxyl groups is 1. The van der Waals surface area contributed by atoms with Crippen LogP contribution in [-0.2, 0) is 13.6 Å². The second kappa shape index (κ2) is 5.98. The summed E-state index contributed by atoms with van der Waals surface area (Å²) in [5, 5.41) is 12.8. The highest BCUT2D eigenvalue weighted by atomic mass is 16.3. The Hall–Kier alpha value is -1.39. The van der Waals surface area contributed by atoms with Crippen LogP contribution >= 0.6 is 0 Å². The number of imidazole rings is 1. The second-order valence-corrected chi connectivity index (χ2v) is 4.60. The molecule has 1 aromatic heterocycles. The Labute approximate surface area is 108 Å². The lowest BCUT2D eigenvalue weighted by molar-refractivity contribution is 0.159. The van der Waals surface area contributed by atoms with E-state index in [9.17, 15) is 5.11 Å². The van der Waals surface area contributed by atoms with Crippen molar-refractivity contribution in [2.75, 3.05) is 6.54 Å². The molecule has 0 radical (unpaired) electrons. The molecule has 0 aliphatic carbocycles. The molecule has 1 heterocycles. The predicted octanol–water partition coefficient (Wildman–Crippen LogP) is 1.82.